The second-order valence-corrected chi connectivity index (χ2v) is 36.3. The van der Waals surface area contributed by atoms with Gasteiger partial charge in [0.2, 0.25) is 0 Å². The third-order valence-electron chi connectivity index (χ3n) is 12.7. The quantitative estimate of drug-likeness (QED) is 0.0801. The first kappa shape index (κ1) is 101. The normalized spacial score (nSPS) is 13.8. The van der Waals surface area contributed by atoms with Gasteiger partial charge in [-0.05, 0) is 184 Å². The molecule has 15 nitrogen and oxygen atoms in total. The number of hydrogen-bond donors (Lipinski definition) is 5. The molecule has 0 aliphatic heterocycles. The van der Waals surface area contributed by atoms with Gasteiger partial charge < -0.3 is 25.5 Å². The number of aryl methyl sites for hydroxylation is 2. The minimum atomic E-state index is -2.83. The first-order valence-electron chi connectivity index (χ1n) is 34.2. The smallest absolute Gasteiger partial charge is 0.277 e. The number of halogens is 5. The second-order valence-electron chi connectivity index (χ2n) is 36.3. The molecule has 5 N–H and O–H groups in total. The number of hydrogen-bond acceptors (Lipinski definition) is 11. The minimum absolute atomic E-state index is 0.0707. The zero-order chi connectivity index (χ0) is 80.9. The van der Waals surface area contributed by atoms with Crippen molar-refractivity contribution in [3.05, 3.63) is 96.1 Å². The van der Waals surface area contributed by atoms with Crippen LogP contribution >= 0.6 is 0 Å². The van der Waals surface area contributed by atoms with E-state index in [0.717, 1.165) is 12.7 Å². The highest BCUT2D eigenvalue weighted by Crippen LogP contribution is 2.26. The third-order valence-corrected chi connectivity index (χ3v) is 12.7. The molecule has 576 valence electrons. The lowest BCUT2D eigenvalue weighted by Gasteiger charge is -2.20. The summed E-state index contributed by atoms with van der Waals surface area (Å²) in [6.07, 6.45) is 14.7. The van der Waals surface area contributed by atoms with Crippen LogP contribution in [0.1, 0.15) is 277 Å². The van der Waals surface area contributed by atoms with E-state index in [1.165, 1.54) is 36.2 Å². The molecule has 0 amide bonds. The third kappa shape index (κ3) is 50.6. The maximum atomic E-state index is 12.0. The van der Waals surface area contributed by atoms with E-state index in [0.29, 0.717) is 6.04 Å². The zero-order valence-electron chi connectivity index (χ0n) is 69.4. The van der Waals surface area contributed by atoms with Gasteiger partial charge in [-0.15, -0.1) is 0 Å². The lowest BCUT2D eigenvalue weighted by atomic mass is 9.90. The summed E-state index contributed by atoms with van der Waals surface area (Å²) in [5.74, 6) is 21.1. The van der Waals surface area contributed by atoms with Gasteiger partial charge in [0.1, 0.15) is 31.4 Å². The Bertz CT molecular complexity index is 3260. The van der Waals surface area contributed by atoms with E-state index in [1.54, 1.807) is 53.9 Å². The summed E-state index contributed by atoms with van der Waals surface area (Å²) in [4.78, 5) is 8.28. The zero-order valence-corrected chi connectivity index (χ0v) is 69.4. The van der Waals surface area contributed by atoms with Crippen molar-refractivity contribution in [2.75, 3.05) is 26.6 Å². The molecule has 101 heavy (non-hydrogen) atoms. The molecule has 0 saturated carbocycles. The van der Waals surface area contributed by atoms with Crippen LogP contribution in [-0.4, -0.2) is 130 Å². The van der Waals surface area contributed by atoms with Crippen LogP contribution in [0.15, 0.2) is 67.9 Å². The predicted octanol–water partition coefficient (Wildman–Crippen LogP) is 17.2. The van der Waals surface area contributed by atoms with Crippen LogP contribution in [0.3, 0.4) is 0 Å². The molecule has 3 unspecified atom stereocenters. The lowest BCUT2D eigenvalue weighted by Crippen LogP contribution is -2.32. The fourth-order valence-electron chi connectivity index (χ4n) is 6.18. The SMILES string of the molecule is CC(C)(C)C#CC(C)(O)C(F)F.CC(C)(C)C#CC(C)(O)CF.CC(C)(C)C#CC(C)(O)CO.CC(C)(C)C#CC(O)(CF)CF.CC(C)(C)c1cnn(C(C)(C)C)c1.CC(C)(C)c1ncccn1.CC(C)n1cc(C(C)(C)C)cn1.Cn1cc(C(C)(C)C)cn1.Cn1nccc1C(C)(C)C. The number of aliphatic hydroxyl groups excluding tert-OH is 1. The van der Waals surface area contributed by atoms with E-state index in [-0.39, 0.29) is 60.9 Å². The fraction of sp³-hybridized carbons (Fsp3) is 0.704. The molecule has 0 spiro atoms. The molecule has 20 heteroatoms. The van der Waals surface area contributed by atoms with Crippen LogP contribution in [0, 0.1) is 69.0 Å². The van der Waals surface area contributed by atoms with Crippen molar-refractivity contribution in [3.8, 4) is 47.4 Å². The van der Waals surface area contributed by atoms with Gasteiger partial charge in [-0.25, -0.2) is 31.9 Å². The highest BCUT2D eigenvalue weighted by Gasteiger charge is 2.30. The van der Waals surface area contributed by atoms with E-state index in [9.17, 15) is 27.1 Å². The van der Waals surface area contributed by atoms with Crippen LogP contribution in [0.2, 0.25) is 0 Å². The molecule has 5 aromatic heterocycles. The van der Waals surface area contributed by atoms with Gasteiger partial charge in [-0.1, -0.05) is 151 Å². The minimum Gasteiger partial charge on any atom is -0.392 e. The Kier molecular flexibility index (Phi) is 41.2. The van der Waals surface area contributed by atoms with Gasteiger partial charge in [0, 0.05) is 95.5 Å². The van der Waals surface area contributed by atoms with E-state index >= 15 is 0 Å². The topological polar surface area (TPSA) is 198 Å². The standard InChI is InChI=1S/C11H20N2.C10H18N2.2C9H14F2O.C9H15FO.C9H16O2.2C8H14N2.C8H12N2/c1-10(2,3)9-7-12-13(8-9)11(4,5)6;1-8(2)12-7-9(6-11-12)10(3,4)5;1-8(2,3)5-6-9(4,12)7(10)11;1-8(2,3)4-5-9(12,6-10)7-11;2*1-8(2,3)5-6-9(4,11)7-10;1-8(2,3)7-5-9-10(4)6-7;1-8(2,3)7-5-6-9-10(7)4;1-8(2,3)7-9-5-4-6-10-7/h7-8H,1-6H3;6-8H,1-5H3;7,12H,1-4H3;12H,6-7H2,1-3H3;11H,7H2,1-4H3;10-11H,7H2,1-4H3;2*5-6H,1-4H3;4-6H,1-3H3. The van der Waals surface area contributed by atoms with Gasteiger partial charge >= 0.3 is 0 Å². The van der Waals surface area contributed by atoms with Crippen LogP contribution in [-0.2, 0) is 46.7 Å². The summed E-state index contributed by atoms with van der Waals surface area (Å²) in [7, 11) is 3.91. The van der Waals surface area contributed by atoms with Gasteiger partial charge in [-0.3, -0.25) is 18.7 Å². The average Bonchev–Trinajstić information content (AvgIpc) is 1.71. The fourth-order valence-corrected chi connectivity index (χ4v) is 6.18. The van der Waals surface area contributed by atoms with Crippen LogP contribution in [0.4, 0.5) is 22.0 Å². The number of aliphatic hydroxyl groups is 5. The maximum Gasteiger partial charge on any atom is 0.277 e. The molecular weight excluding hydrogens is 1290 g/mol. The first-order valence-corrected chi connectivity index (χ1v) is 34.2. The summed E-state index contributed by atoms with van der Waals surface area (Å²) in [6, 6.07) is 4.34. The molecule has 3 atom stereocenters. The molecule has 5 aromatic rings. The Morgan fingerprint density at radius 1 is 0.426 bits per heavy atom. The summed E-state index contributed by atoms with van der Waals surface area (Å²) >= 11 is 0. The first-order chi connectivity index (χ1) is 44.8. The molecule has 0 saturated heterocycles. The van der Waals surface area contributed by atoms with Crippen molar-refractivity contribution in [2.45, 2.75) is 310 Å². The molecule has 5 heterocycles. The highest BCUT2D eigenvalue weighted by molar-refractivity contribution is 5.21. The van der Waals surface area contributed by atoms with E-state index < -0.39 is 48.9 Å². The van der Waals surface area contributed by atoms with Gasteiger partial charge in [0.05, 0.1) is 30.7 Å². The number of aromatic nitrogens is 10. The van der Waals surface area contributed by atoms with Crippen LogP contribution in [0.25, 0.3) is 0 Å². The van der Waals surface area contributed by atoms with Crippen molar-refractivity contribution in [2.24, 2.45) is 35.8 Å². The van der Waals surface area contributed by atoms with Gasteiger partial charge in [0.25, 0.3) is 6.43 Å². The Morgan fingerprint density at radius 3 is 1.04 bits per heavy atom. The van der Waals surface area contributed by atoms with Crippen LogP contribution < -0.4 is 0 Å². The summed E-state index contributed by atoms with van der Waals surface area (Å²) in [5.41, 5.74) is -1.88. The predicted molar refractivity (Wildman–Crippen MR) is 409 cm³/mol. The van der Waals surface area contributed by atoms with Crippen LogP contribution in [0.5, 0.6) is 0 Å². The van der Waals surface area contributed by atoms with Crippen molar-refractivity contribution >= 4 is 0 Å². The van der Waals surface area contributed by atoms with Gasteiger partial charge in [0.15, 0.2) is 16.8 Å². The summed E-state index contributed by atoms with van der Waals surface area (Å²) in [5, 5.41) is 62.0. The Morgan fingerprint density at radius 2 is 0.802 bits per heavy atom. The molecule has 0 aliphatic carbocycles. The molecule has 0 bridgehead atoms. The highest BCUT2D eigenvalue weighted by atomic mass is 19.3. The molecular formula is C81H137F5N10O5. The molecule has 5 rings (SSSR count). The number of alkyl halides is 5. The van der Waals surface area contributed by atoms with E-state index in [4.69, 9.17) is 20.4 Å². The van der Waals surface area contributed by atoms with Crippen molar-refractivity contribution in [3.63, 3.8) is 0 Å². The Labute approximate surface area is 609 Å². The molecule has 0 fully saturated rings. The largest absolute Gasteiger partial charge is 0.392 e. The van der Waals surface area contributed by atoms with Crippen molar-refractivity contribution < 1.29 is 47.5 Å². The number of rotatable bonds is 6. The maximum absolute atomic E-state index is 12.0. The summed E-state index contributed by atoms with van der Waals surface area (Å²) < 4.78 is 67.9. The summed E-state index contributed by atoms with van der Waals surface area (Å²) in [6.45, 7) is 66.1. The average molecular weight is 1430 g/mol. The Hall–Kier alpha value is -6.39. The Balaban J connectivity index is -0.000000525. The van der Waals surface area contributed by atoms with E-state index in [1.807, 2.05) is 105 Å². The lowest BCUT2D eigenvalue weighted by molar-refractivity contribution is -0.0419. The van der Waals surface area contributed by atoms with E-state index in [2.05, 4.69) is 241 Å². The monoisotopic (exact) mass is 1430 g/mol. The van der Waals surface area contributed by atoms with Crippen molar-refractivity contribution in [1.29, 1.82) is 0 Å². The van der Waals surface area contributed by atoms with Crippen molar-refractivity contribution in [1.82, 2.24) is 49.1 Å². The molecule has 0 aliphatic rings. The molecule has 0 aromatic carbocycles. The van der Waals surface area contributed by atoms with Gasteiger partial charge in [-0.2, -0.15) is 20.4 Å². The number of nitrogens with zero attached hydrogens (tertiary/aromatic N) is 10. The molecule has 0 radical (unpaired) electrons. The second kappa shape index (κ2) is 41.2.